The first-order chi connectivity index (χ1) is 12.2. The maximum absolute atomic E-state index is 11.6. The molecule has 0 saturated heterocycles. The lowest BCUT2D eigenvalue weighted by Crippen LogP contribution is -2.24. The summed E-state index contributed by atoms with van der Waals surface area (Å²) >= 11 is 0. The molecule has 0 spiro atoms. The highest BCUT2D eigenvalue weighted by Crippen LogP contribution is 2.40. The quantitative estimate of drug-likeness (QED) is 0.372. The second kappa shape index (κ2) is 10.1. The highest BCUT2D eigenvalue weighted by Gasteiger charge is 2.26. The number of rotatable bonds is 7. The zero-order valence-electron chi connectivity index (χ0n) is 16.9. The zero-order chi connectivity index (χ0) is 19.7. The molecule has 0 aliphatic heterocycles. The van der Waals surface area contributed by atoms with E-state index in [1.54, 1.807) is 6.08 Å². The number of ether oxygens (including phenoxy) is 2. The van der Waals surface area contributed by atoms with Gasteiger partial charge in [-0.15, -0.1) is 0 Å². The molecule has 0 saturated carbocycles. The Kier molecular flexibility index (Phi) is 8.56. The summed E-state index contributed by atoms with van der Waals surface area (Å²) in [5.74, 6) is -2.04. The van der Waals surface area contributed by atoms with Crippen molar-refractivity contribution < 1.29 is 19.1 Å². The highest BCUT2D eigenvalue weighted by molar-refractivity contribution is 5.96. The Labute approximate surface area is 157 Å². The summed E-state index contributed by atoms with van der Waals surface area (Å²) in [6, 6.07) is 0. The van der Waals surface area contributed by atoms with Crippen LogP contribution in [-0.2, 0) is 19.1 Å². The normalized spacial score (nSPS) is 18.9. The second-order valence-electron chi connectivity index (χ2n) is 7.44. The summed E-state index contributed by atoms with van der Waals surface area (Å²) in [6.45, 7) is 8.94. The second-order valence-corrected chi connectivity index (χ2v) is 7.44. The zero-order valence-corrected chi connectivity index (χ0v) is 16.9. The Bertz CT molecular complexity index is 604. The SMILES string of the molecule is COC(=O)C(C=CC=CC(C)C=CC1=C(C)CCCC1(C)C)C(=O)OC. The van der Waals surface area contributed by atoms with E-state index in [-0.39, 0.29) is 11.3 Å². The molecule has 0 heterocycles. The van der Waals surface area contributed by atoms with E-state index in [9.17, 15) is 9.59 Å². The van der Waals surface area contributed by atoms with Crippen LogP contribution in [0, 0.1) is 17.3 Å². The minimum Gasteiger partial charge on any atom is -0.468 e. The van der Waals surface area contributed by atoms with Gasteiger partial charge in [0.15, 0.2) is 5.92 Å². The van der Waals surface area contributed by atoms with E-state index in [1.807, 2.05) is 12.2 Å². The monoisotopic (exact) mass is 360 g/mol. The van der Waals surface area contributed by atoms with Crippen molar-refractivity contribution in [1.29, 1.82) is 0 Å². The molecule has 1 aliphatic carbocycles. The smallest absolute Gasteiger partial charge is 0.323 e. The molecule has 0 aromatic rings. The molecule has 0 aromatic heterocycles. The lowest BCUT2D eigenvalue weighted by Gasteiger charge is -2.33. The molecular weight excluding hydrogens is 328 g/mol. The van der Waals surface area contributed by atoms with Crippen LogP contribution >= 0.6 is 0 Å². The number of methoxy groups -OCH3 is 2. The van der Waals surface area contributed by atoms with E-state index in [0.717, 1.165) is 0 Å². The van der Waals surface area contributed by atoms with Gasteiger partial charge in [0.05, 0.1) is 14.2 Å². The molecule has 4 nitrogen and oxygen atoms in total. The van der Waals surface area contributed by atoms with Gasteiger partial charge in [-0.3, -0.25) is 9.59 Å². The number of esters is 2. The molecule has 1 rings (SSSR count). The number of carbonyl (C=O) groups excluding carboxylic acids is 2. The van der Waals surface area contributed by atoms with Gasteiger partial charge < -0.3 is 9.47 Å². The lowest BCUT2D eigenvalue weighted by atomic mass is 9.72. The van der Waals surface area contributed by atoms with E-state index >= 15 is 0 Å². The van der Waals surface area contributed by atoms with Crippen molar-refractivity contribution in [2.75, 3.05) is 14.2 Å². The minimum absolute atomic E-state index is 0.233. The van der Waals surface area contributed by atoms with Crippen molar-refractivity contribution in [2.24, 2.45) is 17.3 Å². The molecule has 1 unspecified atom stereocenters. The molecule has 0 amide bonds. The van der Waals surface area contributed by atoms with Crippen LogP contribution in [0.5, 0.6) is 0 Å². The Morgan fingerprint density at radius 2 is 1.62 bits per heavy atom. The number of carbonyl (C=O) groups is 2. The highest BCUT2D eigenvalue weighted by atomic mass is 16.5. The van der Waals surface area contributed by atoms with E-state index in [1.165, 1.54) is 50.7 Å². The maximum atomic E-state index is 11.6. The predicted molar refractivity (Wildman–Crippen MR) is 104 cm³/mol. The van der Waals surface area contributed by atoms with E-state index in [0.29, 0.717) is 0 Å². The number of hydrogen-bond donors (Lipinski definition) is 0. The van der Waals surface area contributed by atoms with Crippen LogP contribution in [0.4, 0.5) is 0 Å². The van der Waals surface area contributed by atoms with Crippen molar-refractivity contribution >= 4 is 11.9 Å². The standard InChI is InChI=1S/C22H32O4/c1-16(13-14-19-17(2)11-9-15-22(19,3)4)10-7-8-12-18(20(23)25-5)21(24)26-6/h7-8,10,12-14,16,18H,9,11,15H2,1-6H3. The predicted octanol–water partition coefficient (Wildman–Crippen LogP) is 4.78. The van der Waals surface area contributed by atoms with Crippen LogP contribution in [0.3, 0.4) is 0 Å². The van der Waals surface area contributed by atoms with Crippen molar-refractivity contribution in [3.63, 3.8) is 0 Å². The number of allylic oxidation sites excluding steroid dienone is 7. The fraction of sp³-hybridized carbons (Fsp3) is 0.545. The van der Waals surface area contributed by atoms with Crippen LogP contribution in [-0.4, -0.2) is 26.2 Å². The summed E-state index contributed by atoms with van der Waals surface area (Å²) in [6.07, 6.45) is 15.1. The van der Waals surface area contributed by atoms with Crippen molar-refractivity contribution in [3.05, 3.63) is 47.6 Å². The lowest BCUT2D eigenvalue weighted by molar-refractivity contribution is -0.156. The van der Waals surface area contributed by atoms with E-state index in [4.69, 9.17) is 0 Å². The molecule has 4 heteroatoms. The molecule has 1 atom stereocenters. The summed E-state index contributed by atoms with van der Waals surface area (Å²) in [5.41, 5.74) is 3.15. The Morgan fingerprint density at radius 3 is 2.15 bits per heavy atom. The van der Waals surface area contributed by atoms with Crippen LogP contribution in [0.1, 0.15) is 47.0 Å². The molecule has 1 aliphatic rings. The van der Waals surface area contributed by atoms with Gasteiger partial charge in [0, 0.05) is 0 Å². The van der Waals surface area contributed by atoms with Gasteiger partial charge >= 0.3 is 11.9 Å². The van der Waals surface area contributed by atoms with Crippen molar-refractivity contribution in [3.8, 4) is 0 Å². The Hall–Kier alpha value is -2.10. The Morgan fingerprint density at radius 1 is 1.04 bits per heavy atom. The molecule has 0 radical (unpaired) electrons. The van der Waals surface area contributed by atoms with Crippen LogP contribution in [0.15, 0.2) is 47.6 Å². The largest absolute Gasteiger partial charge is 0.468 e. The fourth-order valence-corrected chi connectivity index (χ4v) is 3.24. The van der Waals surface area contributed by atoms with Gasteiger partial charge in [-0.1, -0.05) is 62.8 Å². The van der Waals surface area contributed by atoms with E-state index < -0.39 is 17.9 Å². The van der Waals surface area contributed by atoms with Crippen molar-refractivity contribution in [1.82, 2.24) is 0 Å². The van der Waals surface area contributed by atoms with Crippen LogP contribution < -0.4 is 0 Å². The third-order valence-electron chi connectivity index (χ3n) is 4.85. The third kappa shape index (κ3) is 6.32. The summed E-state index contributed by atoms with van der Waals surface area (Å²) in [5, 5.41) is 0. The third-order valence-corrected chi connectivity index (χ3v) is 4.85. The summed E-state index contributed by atoms with van der Waals surface area (Å²) < 4.78 is 9.23. The summed E-state index contributed by atoms with van der Waals surface area (Å²) in [7, 11) is 2.50. The summed E-state index contributed by atoms with van der Waals surface area (Å²) in [4.78, 5) is 23.2. The van der Waals surface area contributed by atoms with Gasteiger partial charge in [0.2, 0.25) is 0 Å². The fourth-order valence-electron chi connectivity index (χ4n) is 3.24. The van der Waals surface area contributed by atoms with Gasteiger partial charge in [-0.25, -0.2) is 0 Å². The molecule has 26 heavy (non-hydrogen) atoms. The van der Waals surface area contributed by atoms with Gasteiger partial charge in [-0.2, -0.15) is 0 Å². The molecule has 0 aromatic carbocycles. The molecule has 0 bridgehead atoms. The van der Waals surface area contributed by atoms with Crippen LogP contribution in [0.25, 0.3) is 0 Å². The van der Waals surface area contributed by atoms with Crippen molar-refractivity contribution in [2.45, 2.75) is 47.0 Å². The first-order valence-corrected chi connectivity index (χ1v) is 9.12. The first kappa shape index (κ1) is 21.9. The first-order valence-electron chi connectivity index (χ1n) is 9.12. The average molecular weight is 360 g/mol. The van der Waals surface area contributed by atoms with Crippen LogP contribution in [0.2, 0.25) is 0 Å². The maximum Gasteiger partial charge on any atom is 0.323 e. The molecule has 0 fully saturated rings. The minimum atomic E-state index is -1.03. The van der Waals surface area contributed by atoms with Gasteiger partial charge in [-0.05, 0) is 43.1 Å². The van der Waals surface area contributed by atoms with E-state index in [2.05, 4.69) is 49.3 Å². The molecular formula is C22H32O4. The Balaban J connectivity index is 2.73. The molecule has 0 N–H and O–H groups in total. The number of hydrogen-bond acceptors (Lipinski definition) is 4. The van der Waals surface area contributed by atoms with Gasteiger partial charge in [0.1, 0.15) is 0 Å². The van der Waals surface area contributed by atoms with Gasteiger partial charge in [0.25, 0.3) is 0 Å². The average Bonchev–Trinajstić information content (AvgIpc) is 2.59. The molecule has 144 valence electrons. The topological polar surface area (TPSA) is 52.6 Å².